The van der Waals surface area contributed by atoms with Gasteiger partial charge in [0.2, 0.25) is 11.8 Å². The van der Waals surface area contributed by atoms with Gasteiger partial charge in [0.05, 0.1) is 24.2 Å². The van der Waals surface area contributed by atoms with Gasteiger partial charge >= 0.3 is 12.1 Å². The Morgan fingerprint density at radius 1 is 1.00 bits per heavy atom. The molecule has 3 heterocycles. The molecular formula is C37H35F6N3O6. The fourth-order valence-corrected chi connectivity index (χ4v) is 6.98. The van der Waals surface area contributed by atoms with Crippen molar-refractivity contribution < 1.29 is 55.7 Å². The Balaban J connectivity index is 1.63. The quantitative estimate of drug-likeness (QED) is 0.252. The Labute approximate surface area is 294 Å². The molecule has 0 saturated carbocycles. The lowest BCUT2D eigenvalue weighted by Gasteiger charge is -2.49. The van der Waals surface area contributed by atoms with Gasteiger partial charge in [-0.1, -0.05) is 6.07 Å². The van der Waals surface area contributed by atoms with Gasteiger partial charge < -0.3 is 25.2 Å². The highest BCUT2D eigenvalue weighted by atomic mass is 19.4. The molecule has 3 aromatic carbocycles. The topological polar surface area (TPSA) is 119 Å². The number of amides is 2. The zero-order valence-electron chi connectivity index (χ0n) is 28.4. The van der Waals surface area contributed by atoms with Gasteiger partial charge in [-0.25, -0.2) is 13.2 Å². The molecule has 3 aliphatic rings. The molecule has 3 N–H and O–H groups in total. The number of halogens is 6. The van der Waals surface area contributed by atoms with Crippen LogP contribution in [0.25, 0.3) is 11.1 Å². The van der Waals surface area contributed by atoms with E-state index in [0.717, 1.165) is 12.1 Å². The number of nitrogens with one attached hydrogen (secondary N) is 1. The lowest BCUT2D eigenvalue weighted by Crippen LogP contribution is -2.63. The molecule has 6 rings (SSSR count). The highest BCUT2D eigenvalue weighted by Gasteiger charge is 2.49. The molecule has 3 atom stereocenters. The van der Waals surface area contributed by atoms with Crippen LogP contribution < -0.4 is 10.1 Å². The van der Waals surface area contributed by atoms with E-state index in [0.29, 0.717) is 27.2 Å². The second kappa shape index (κ2) is 13.3. The predicted octanol–water partition coefficient (Wildman–Crippen LogP) is 6.66. The third kappa shape index (κ3) is 6.98. The Morgan fingerprint density at radius 2 is 1.69 bits per heavy atom. The number of fused-ring (bicyclic) bond motifs is 6. The van der Waals surface area contributed by atoms with E-state index in [9.17, 15) is 42.2 Å². The zero-order valence-corrected chi connectivity index (χ0v) is 28.4. The molecule has 0 aliphatic carbocycles. The number of likely N-dealkylation sites (tertiary alicyclic amines) is 1. The molecule has 52 heavy (non-hydrogen) atoms. The van der Waals surface area contributed by atoms with Crippen LogP contribution in [0.2, 0.25) is 0 Å². The minimum absolute atomic E-state index is 0.0572. The van der Waals surface area contributed by atoms with E-state index in [2.05, 4.69) is 5.32 Å². The van der Waals surface area contributed by atoms with Gasteiger partial charge in [0.25, 0.3) is 0 Å². The molecule has 15 heteroatoms. The summed E-state index contributed by atoms with van der Waals surface area (Å²) in [7, 11) is 0. The van der Waals surface area contributed by atoms with Crippen LogP contribution in [0.5, 0.6) is 11.5 Å². The summed E-state index contributed by atoms with van der Waals surface area (Å²) in [4.78, 5) is 42.3. The van der Waals surface area contributed by atoms with Crippen molar-refractivity contribution in [2.45, 2.75) is 76.7 Å². The summed E-state index contributed by atoms with van der Waals surface area (Å²) in [5.41, 5.74) is -1.68. The van der Waals surface area contributed by atoms with Crippen LogP contribution in [-0.2, 0) is 20.0 Å². The smallest absolute Gasteiger partial charge is 0.413 e. The summed E-state index contributed by atoms with van der Waals surface area (Å²) in [5.74, 6) is -5.96. The highest BCUT2D eigenvalue weighted by molar-refractivity contribution is 5.95. The molecule has 3 aromatic rings. The average Bonchev–Trinajstić information content (AvgIpc) is 3.01. The summed E-state index contributed by atoms with van der Waals surface area (Å²) < 4.78 is 94.4. The molecule has 9 nitrogen and oxygen atoms in total. The summed E-state index contributed by atoms with van der Waals surface area (Å²) in [6, 6.07) is 5.55. The number of hydrogen-bond acceptors (Lipinski definition) is 6. The van der Waals surface area contributed by atoms with E-state index < -0.39 is 89.6 Å². The van der Waals surface area contributed by atoms with Crippen LogP contribution in [0.1, 0.15) is 66.6 Å². The van der Waals surface area contributed by atoms with E-state index in [1.54, 1.807) is 13.0 Å². The molecule has 0 radical (unpaired) electrons. The van der Waals surface area contributed by atoms with Crippen molar-refractivity contribution in [3.05, 3.63) is 93.6 Å². The Kier molecular flexibility index (Phi) is 9.41. The number of nitrogens with zero attached hydrogens (tertiary/aromatic N) is 2. The molecule has 1 unspecified atom stereocenters. The monoisotopic (exact) mass is 731 g/mol. The first-order valence-corrected chi connectivity index (χ1v) is 16.4. The van der Waals surface area contributed by atoms with Crippen molar-refractivity contribution in [2.75, 3.05) is 13.1 Å². The number of hydrogen-bond donors (Lipinski definition) is 3. The van der Waals surface area contributed by atoms with E-state index in [-0.39, 0.29) is 41.8 Å². The number of aryl methyl sites for hydroxylation is 2. The van der Waals surface area contributed by atoms with Gasteiger partial charge in [-0.05, 0) is 86.3 Å². The number of rotatable bonds is 5. The standard InChI is InChI=1S/C37H35F6N3O6/c1-17-8-20(36(3,4)51)10-28-32(17)19-7-18(2)33(40)25(9-19)27(14-31(48)49)44-35(50)34(24-13-23(52-28)5-6-26(24)39)46-29(45-15-22(38)16-45)11-21(12-30(46)47)37(41,42)43/h5-10,12-13,22,27,29,34,51H,11,14-16H2,1-4H3,(H,44,50)(H,48,49)/t27-,29?,34-/m0/s1. The van der Waals surface area contributed by atoms with Crippen LogP contribution in [0.3, 0.4) is 0 Å². The van der Waals surface area contributed by atoms with Crippen LogP contribution in [0, 0.1) is 25.5 Å². The van der Waals surface area contributed by atoms with Crippen LogP contribution in [-0.4, -0.2) is 69.4 Å². The van der Waals surface area contributed by atoms with Crippen LogP contribution in [0.4, 0.5) is 26.3 Å². The van der Waals surface area contributed by atoms with Crippen molar-refractivity contribution in [3.63, 3.8) is 0 Å². The fourth-order valence-electron chi connectivity index (χ4n) is 6.98. The molecule has 0 aromatic heterocycles. The lowest BCUT2D eigenvalue weighted by molar-refractivity contribution is -0.155. The van der Waals surface area contributed by atoms with Gasteiger partial charge in [-0.3, -0.25) is 19.3 Å². The van der Waals surface area contributed by atoms with Crippen LogP contribution in [0.15, 0.2) is 54.1 Å². The summed E-state index contributed by atoms with van der Waals surface area (Å²) in [6.07, 6.45) is -9.44. The van der Waals surface area contributed by atoms with E-state index >= 15 is 8.78 Å². The highest BCUT2D eigenvalue weighted by Crippen LogP contribution is 2.44. The minimum Gasteiger partial charge on any atom is -0.481 e. The summed E-state index contributed by atoms with van der Waals surface area (Å²) >= 11 is 0. The molecule has 2 amide bonds. The molecule has 276 valence electrons. The average molecular weight is 732 g/mol. The Morgan fingerprint density at radius 3 is 2.31 bits per heavy atom. The maximum atomic E-state index is 16.0. The Bertz CT molecular complexity index is 2000. The Hall–Kier alpha value is -4.89. The van der Waals surface area contributed by atoms with E-state index in [1.165, 1.54) is 49.9 Å². The van der Waals surface area contributed by atoms with E-state index in [4.69, 9.17) is 4.74 Å². The summed E-state index contributed by atoms with van der Waals surface area (Å²) in [6.45, 7) is 5.46. The number of carbonyl (C=O) groups excluding carboxylic acids is 2. The molecular weight excluding hydrogens is 696 g/mol. The fraction of sp³-hybridized carbons (Fsp3) is 0.378. The number of carboxylic acid groups (broad SMARTS) is 1. The van der Waals surface area contributed by atoms with Crippen molar-refractivity contribution in [1.82, 2.24) is 15.1 Å². The maximum Gasteiger partial charge on any atom is 0.413 e. The molecule has 1 saturated heterocycles. The van der Waals surface area contributed by atoms with Crippen molar-refractivity contribution in [2.24, 2.45) is 0 Å². The number of benzene rings is 3. The van der Waals surface area contributed by atoms with Gasteiger partial charge in [0.1, 0.15) is 35.3 Å². The van der Waals surface area contributed by atoms with Gasteiger partial charge in [-0.2, -0.15) is 13.2 Å². The molecule has 0 spiro atoms. The largest absolute Gasteiger partial charge is 0.481 e. The lowest BCUT2D eigenvalue weighted by atomic mass is 9.88. The van der Waals surface area contributed by atoms with E-state index in [1.807, 2.05) is 0 Å². The van der Waals surface area contributed by atoms with Crippen molar-refractivity contribution in [3.8, 4) is 22.6 Å². The predicted molar refractivity (Wildman–Crippen MR) is 175 cm³/mol. The third-order valence-corrected chi connectivity index (χ3v) is 9.59. The number of aliphatic carboxylic acids is 1. The van der Waals surface area contributed by atoms with Crippen molar-refractivity contribution >= 4 is 17.8 Å². The maximum absolute atomic E-state index is 16.0. The third-order valence-electron chi connectivity index (χ3n) is 9.59. The first-order valence-electron chi connectivity index (χ1n) is 16.4. The second-order valence-corrected chi connectivity index (χ2v) is 13.9. The normalized spacial score (nSPS) is 21.5. The summed E-state index contributed by atoms with van der Waals surface area (Å²) in [5, 5.41) is 23.2. The van der Waals surface area contributed by atoms with Gasteiger partial charge in [0, 0.05) is 47.8 Å². The number of aliphatic hydroxyl groups is 1. The SMILES string of the molecule is Cc1cc2cc(c1F)[C@H](CC(=O)O)NC(=O)[C@@H](N1C(=O)C=C(C(F)(F)F)CC1N1CC(F)C1)c1cc(ccc1F)Oc1cc(C(C)(C)O)cc(C)c1-2. The number of carboxylic acids is 1. The number of carbonyl (C=O) groups is 3. The first kappa shape index (κ1) is 36.9. The minimum atomic E-state index is -4.95. The van der Waals surface area contributed by atoms with Gasteiger partial charge in [0.15, 0.2) is 0 Å². The molecule has 4 bridgehead atoms. The molecule has 3 aliphatic heterocycles. The van der Waals surface area contributed by atoms with Crippen LogP contribution >= 0.6 is 0 Å². The number of ether oxygens (including phenoxy) is 1. The number of alkyl halides is 4. The molecule has 1 fully saturated rings. The van der Waals surface area contributed by atoms with Crippen molar-refractivity contribution in [1.29, 1.82) is 0 Å². The zero-order chi connectivity index (χ0) is 38.0. The van der Waals surface area contributed by atoms with Gasteiger partial charge in [-0.15, -0.1) is 0 Å². The second-order valence-electron chi connectivity index (χ2n) is 13.9. The first-order chi connectivity index (χ1) is 24.2.